The van der Waals surface area contributed by atoms with E-state index < -0.39 is 5.41 Å². The highest BCUT2D eigenvalue weighted by atomic mass is 19.1. The van der Waals surface area contributed by atoms with Gasteiger partial charge < -0.3 is 10.2 Å². The third-order valence-electron chi connectivity index (χ3n) is 7.35. The minimum Gasteiger partial charge on any atom is -0.310 e. The molecule has 1 aliphatic carbocycles. The molecular weight excluding hydrogens is 441 g/mol. The number of hydrogen-bond donors (Lipinski definition) is 1. The standard InChI is InChI=1S/C28H28FN5O/c1-28(2)25(30-15-18-8-9-18)24(19-6-4-3-5-7-19)33(27(28)35)23-14-20-16-32-34(26(20)31-17-23)22-12-10-21(29)11-13-22/h3-7,10-14,16-18,24-25,30H,8-9,15H2,1-2H3. The lowest BCUT2D eigenvalue weighted by molar-refractivity contribution is -0.124. The molecule has 2 aromatic heterocycles. The summed E-state index contributed by atoms with van der Waals surface area (Å²) >= 11 is 0. The molecule has 1 saturated heterocycles. The Kier molecular flexibility index (Phi) is 5.18. The Morgan fingerprint density at radius 1 is 1.03 bits per heavy atom. The summed E-state index contributed by atoms with van der Waals surface area (Å²) in [6.07, 6.45) is 6.00. The zero-order valence-corrected chi connectivity index (χ0v) is 19.9. The van der Waals surface area contributed by atoms with E-state index in [0.29, 0.717) is 11.6 Å². The monoisotopic (exact) mass is 469 g/mol. The summed E-state index contributed by atoms with van der Waals surface area (Å²) in [6, 6.07) is 18.2. The molecule has 2 aromatic carbocycles. The lowest BCUT2D eigenvalue weighted by Gasteiger charge is -2.31. The van der Waals surface area contributed by atoms with Gasteiger partial charge in [-0.25, -0.2) is 14.1 Å². The fourth-order valence-corrected chi connectivity index (χ4v) is 5.18. The summed E-state index contributed by atoms with van der Waals surface area (Å²) in [5.74, 6) is 0.487. The number of rotatable bonds is 6. The summed E-state index contributed by atoms with van der Waals surface area (Å²) in [4.78, 5) is 20.5. The van der Waals surface area contributed by atoms with Crippen LogP contribution >= 0.6 is 0 Å². The number of benzene rings is 2. The van der Waals surface area contributed by atoms with Crippen LogP contribution in [0.4, 0.5) is 10.1 Å². The van der Waals surface area contributed by atoms with Crippen LogP contribution < -0.4 is 10.2 Å². The number of aromatic nitrogens is 3. The van der Waals surface area contributed by atoms with Gasteiger partial charge in [0.25, 0.3) is 0 Å². The lowest BCUT2D eigenvalue weighted by Crippen LogP contribution is -2.44. The zero-order chi connectivity index (χ0) is 24.2. The van der Waals surface area contributed by atoms with E-state index in [9.17, 15) is 9.18 Å². The Bertz CT molecular complexity index is 1380. The number of nitrogens with one attached hydrogen (secondary N) is 1. The topological polar surface area (TPSA) is 63.1 Å². The fourth-order valence-electron chi connectivity index (χ4n) is 5.18. The Morgan fingerprint density at radius 2 is 1.77 bits per heavy atom. The SMILES string of the molecule is CC1(C)C(=O)N(c2cnc3c(cnn3-c3ccc(F)cc3)c2)C(c2ccccc2)C1NCC1CC1. The van der Waals surface area contributed by atoms with Gasteiger partial charge in [0.2, 0.25) is 5.91 Å². The summed E-state index contributed by atoms with van der Waals surface area (Å²) in [5.41, 5.74) is 2.65. The van der Waals surface area contributed by atoms with Crippen LogP contribution in [0.5, 0.6) is 0 Å². The largest absolute Gasteiger partial charge is 0.310 e. The molecule has 0 radical (unpaired) electrons. The minimum atomic E-state index is -0.581. The van der Waals surface area contributed by atoms with E-state index in [1.807, 2.05) is 43.0 Å². The second-order valence-corrected chi connectivity index (χ2v) is 10.2. The molecule has 1 aliphatic heterocycles. The van der Waals surface area contributed by atoms with Crippen molar-refractivity contribution >= 4 is 22.6 Å². The van der Waals surface area contributed by atoms with Crippen molar-refractivity contribution in [3.05, 3.63) is 84.4 Å². The first-order chi connectivity index (χ1) is 16.9. The maximum atomic E-state index is 13.9. The molecule has 178 valence electrons. The molecule has 1 saturated carbocycles. The van der Waals surface area contributed by atoms with Crippen molar-refractivity contribution in [2.45, 2.75) is 38.8 Å². The second kappa shape index (κ2) is 8.27. The molecule has 1 N–H and O–H groups in total. The number of amides is 1. The summed E-state index contributed by atoms with van der Waals surface area (Å²) in [5, 5.41) is 9.04. The molecule has 1 amide bonds. The van der Waals surface area contributed by atoms with Crippen LogP contribution in [-0.4, -0.2) is 33.3 Å². The number of pyridine rings is 1. The maximum Gasteiger partial charge on any atom is 0.234 e. The van der Waals surface area contributed by atoms with Crippen LogP contribution in [0.1, 0.15) is 38.3 Å². The van der Waals surface area contributed by atoms with Crippen LogP contribution in [0.25, 0.3) is 16.7 Å². The third kappa shape index (κ3) is 3.80. The van der Waals surface area contributed by atoms with Crippen LogP contribution in [0.2, 0.25) is 0 Å². The summed E-state index contributed by atoms with van der Waals surface area (Å²) in [6.45, 7) is 5.00. The first kappa shape index (κ1) is 21.9. The normalized spacial score (nSPS) is 21.7. The van der Waals surface area contributed by atoms with E-state index in [-0.39, 0.29) is 23.8 Å². The fraction of sp³-hybridized carbons (Fsp3) is 0.321. The number of halogens is 1. The minimum absolute atomic E-state index is 0.0318. The molecule has 6 rings (SSSR count). The van der Waals surface area contributed by atoms with Crippen molar-refractivity contribution in [1.29, 1.82) is 0 Å². The highest BCUT2D eigenvalue weighted by Crippen LogP contribution is 2.47. The number of anilines is 1. The Labute approximate surface area is 203 Å². The molecule has 3 heterocycles. The van der Waals surface area contributed by atoms with Gasteiger partial charge >= 0.3 is 0 Å². The van der Waals surface area contributed by atoms with Crippen molar-refractivity contribution < 1.29 is 9.18 Å². The van der Waals surface area contributed by atoms with Crippen molar-refractivity contribution in [3.63, 3.8) is 0 Å². The van der Waals surface area contributed by atoms with E-state index >= 15 is 0 Å². The number of nitrogens with zero attached hydrogens (tertiary/aromatic N) is 4. The third-order valence-corrected chi connectivity index (χ3v) is 7.35. The van der Waals surface area contributed by atoms with E-state index in [4.69, 9.17) is 4.98 Å². The van der Waals surface area contributed by atoms with Gasteiger partial charge in [-0.2, -0.15) is 5.10 Å². The average molecular weight is 470 g/mol. The molecule has 4 aromatic rings. The van der Waals surface area contributed by atoms with Crippen molar-refractivity contribution in [3.8, 4) is 5.69 Å². The second-order valence-electron chi connectivity index (χ2n) is 10.2. The molecule has 6 nitrogen and oxygen atoms in total. The van der Waals surface area contributed by atoms with Crippen LogP contribution in [0.15, 0.2) is 73.1 Å². The Hall–Kier alpha value is -3.58. The molecule has 0 bridgehead atoms. The number of carbonyl (C=O) groups excluding carboxylic acids is 1. The molecular formula is C28H28FN5O. The molecule has 7 heteroatoms. The number of hydrogen-bond acceptors (Lipinski definition) is 4. The van der Waals surface area contributed by atoms with Crippen molar-refractivity contribution in [2.24, 2.45) is 11.3 Å². The summed E-state index contributed by atoms with van der Waals surface area (Å²) in [7, 11) is 0. The predicted octanol–water partition coefficient (Wildman–Crippen LogP) is 5.04. The van der Waals surface area contributed by atoms with Gasteiger partial charge in [-0.05, 0) is 75.0 Å². The molecule has 2 atom stereocenters. The maximum absolute atomic E-state index is 13.9. The molecule has 2 aliphatic rings. The van der Waals surface area contributed by atoms with Gasteiger partial charge in [-0.15, -0.1) is 0 Å². The van der Waals surface area contributed by atoms with Gasteiger partial charge in [0, 0.05) is 11.4 Å². The Morgan fingerprint density at radius 3 is 2.49 bits per heavy atom. The van der Waals surface area contributed by atoms with Gasteiger partial charge in [-0.1, -0.05) is 30.3 Å². The predicted molar refractivity (Wildman–Crippen MR) is 134 cm³/mol. The lowest BCUT2D eigenvalue weighted by atomic mass is 9.82. The highest BCUT2D eigenvalue weighted by Gasteiger charge is 2.54. The molecule has 35 heavy (non-hydrogen) atoms. The van der Waals surface area contributed by atoms with E-state index in [2.05, 4.69) is 22.5 Å². The van der Waals surface area contributed by atoms with Crippen LogP contribution in [-0.2, 0) is 4.79 Å². The smallest absolute Gasteiger partial charge is 0.234 e. The molecule has 0 spiro atoms. The number of fused-ring (bicyclic) bond motifs is 1. The highest BCUT2D eigenvalue weighted by molar-refractivity contribution is 6.02. The Balaban J connectivity index is 1.42. The van der Waals surface area contributed by atoms with Gasteiger partial charge in [0.15, 0.2) is 5.65 Å². The zero-order valence-electron chi connectivity index (χ0n) is 19.9. The van der Waals surface area contributed by atoms with Crippen molar-refractivity contribution in [2.75, 3.05) is 11.4 Å². The first-order valence-electron chi connectivity index (χ1n) is 12.2. The van der Waals surface area contributed by atoms with E-state index in [0.717, 1.165) is 28.9 Å². The van der Waals surface area contributed by atoms with E-state index in [1.54, 1.807) is 29.2 Å². The summed E-state index contributed by atoms with van der Waals surface area (Å²) < 4.78 is 15.1. The van der Waals surface area contributed by atoms with Gasteiger partial charge in [-0.3, -0.25) is 4.79 Å². The molecule has 2 fully saturated rings. The van der Waals surface area contributed by atoms with Gasteiger partial charge in [0.05, 0.1) is 35.2 Å². The molecule has 2 unspecified atom stereocenters. The average Bonchev–Trinajstić information content (AvgIpc) is 3.56. The van der Waals surface area contributed by atoms with Crippen molar-refractivity contribution in [1.82, 2.24) is 20.1 Å². The van der Waals surface area contributed by atoms with Crippen LogP contribution in [0, 0.1) is 17.2 Å². The quantitative estimate of drug-likeness (QED) is 0.430. The van der Waals surface area contributed by atoms with Crippen LogP contribution in [0.3, 0.4) is 0 Å². The first-order valence-corrected chi connectivity index (χ1v) is 12.2. The van der Waals surface area contributed by atoms with E-state index in [1.165, 1.54) is 25.0 Å². The number of carbonyl (C=O) groups is 1. The van der Waals surface area contributed by atoms with Gasteiger partial charge in [0.1, 0.15) is 5.82 Å².